The van der Waals surface area contributed by atoms with Crippen molar-refractivity contribution in [3.8, 4) is 0 Å². The Morgan fingerprint density at radius 3 is 2.50 bits per heavy atom. The molecule has 0 radical (unpaired) electrons. The highest BCUT2D eigenvalue weighted by Gasteiger charge is 2.36. The van der Waals surface area contributed by atoms with Crippen LogP contribution < -0.4 is 5.32 Å². The molecule has 2 heterocycles. The zero-order chi connectivity index (χ0) is 16.8. The van der Waals surface area contributed by atoms with Crippen LogP contribution in [0.1, 0.15) is 64.2 Å². The van der Waals surface area contributed by atoms with Gasteiger partial charge in [-0.05, 0) is 63.5 Å². The Morgan fingerprint density at radius 2 is 1.79 bits per heavy atom. The Balaban J connectivity index is 1.54. The molecule has 1 aliphatic carbocycles. The Kier molecular flexibility index (Phi) is 6.43. The number of nitrogens with one attached hydrogen (secondary N) is 1. The molecule has 3 rings (SSSR count). The highest BCUT2D eigenvalue weighted by molar-refractivity contribution is 5.80. The Hall–Kier alpha value is -0.770. The lowest BCUT2D eigenvalue weighted by molar-refractivity contribution is 0.115. The molecule has 0 aromatic carbocycles. The SMILES string of the molecule is CN=C(NCC1CCCN(C)C1)N1CCCC2(CCCCCC2)C1. The summed E-state index contributed by atoms with van der Waals surface area (Å²) in [6, 6.07) is 0. The third-order valence-corrected chi connectivity index (χ3v) is 6.61. The van der Waals surface area contributed by atoms with E-state index < -0.39 is 0 Å². The Morgan fingerprint density at radius 1 is 1.04 bits per heavy atom. The van der Waals surface area contributed by atoms with Crippen LogP contribution in [-0.2, 0) is 0 Å². The molecule has 3 fully saturated rings. The standard InChI is InChI=1S/C20H38N4/c1-21-19(22-15-18-9-7-13-23(2)16-18)24-14-8-12-20(17-24)10-5-3-4-6-11-20/h18H,3-17H2,1-2H3,(H,21,22). The smallest absolute Gasteiger partial charge is 0.193 e. The molecule has 1 N–H and O–H groups in total. The molecule has 0 aromatic rings. The van der Waals surface area contributed by atoms with Gasteiger partial charge in [-0.25, -0.2) is 0 Å². The van der Waals surface area contributed by atoms with Gasteiger partial charge in [-0.1, -0.05) is 25.7 Å². The quantitative estimate of drug-likeness (QED) is 0.621. The molecule has 2 aliphatic heterocycles. The first kappa shape index (κ1) is 18.0. The van der Waals surface area contributed by atoms with Crippen LogP contribution in [0.4, 0.5) is 0 Å². The van der Waals surface area contributed by atoms with Crippen LogP contribution in [0.25, 0.3) is 0 Å². The van der Waals surface area contributed by atoms with Crippen molar-refractivity contribution in [2.75, 3.05) is 46.8 Å². The predicted molar refractivity (Wildman–Crippen MR) is 103 cm³/mol. The predicted octanol–water partition coefficient (Wildman–Crippen LogP) is 3.34. The van der Waals surface area contributed by atoms with Crippen LogP contribution in [0.15, 0.2) is 4.99 Å². The van der Waals surface area contributed by atoms with E-state index in [-0.39, 0.29) is 0 Å². The van der Waals surface area contributed by atoms with E-state index in [0.29, 0.717) is 5.41 Å². The summed E-state index contributed by atoms with van der Waals surface area (Å²) < 4.78 is 0. The van der Waals surface area contributed by atoms with E-state index >= 15 is 0 Å². The van der Waals surface area contributed by atoms with Crippen molar-refractivity contribution in [3.63, 3.8) is 0 Å². The highest BCUT2D eigenvalue weighted by atomic mass is 15.3. The molecule has 3 aliphatic rings. The summed E-state index contributed by atoms with van der Waals surface area (Å²) >= 11 is 0. The van der Waals surface area contributed by atoms with Crippen LogP contribution in [0.3, 0.4) is 0 Å². The van der Waals surface area contributed by atoms with Gasteiger partial charge in [0.05, 0.1) is 0 Å². The van der Waals surface area contributed by atoms with E-state index in [2.05, 4.69) is 27.2 Å². The molecule has 4 nitrogen and oxygen atoms in total. The van der Waals surface area contributed by atoms with Crippen molar-refractivity contribution in [2.24, 2.45) is 16.3 Å². The van der Waals surface area contributed by atoms with Crippen molar-refractivity contribution in [2.45, 2.75) is 64.2 Å². The maximum absolute atomic E-state index is 4.63. The van der Waals surface area contributed by atoms with Gasteiger partial charge < -0.3 is 15.1 Å². The molecule has 1 unspecified atom stereocenters. The molecule has 0 amide bonds. The number of rotatable bonds is 2. The van der Waals surface area contributed by atoms with E-state index in [4.69, 9.17) is 0 Å². The second-order valence-corrected chi connectivity index (χ2v) is 8.64. The number of guanidine groups is 1. The summed E-state index contributed by atoms with van der Waals surface area (Å²) in [7, 11) is 4.21. The second-order valence-electron chi connectivity index (χ2n) is 8.64. The van der Waals surface area contributed by atoms with Gasteiger partial charge in [0.1, 0.15) is 0 Å². The first-order valence-corrected chi connectivity index (χ1v) is 10.3. The van der Waals surface area contributed by atoms with Crippen LogP contribution >= 0.6 is 0 Å². The second kappa shape index (κ2) is 8.55. The minimum Gasteiger partial charge on any atom is -0.356 e. The van der Waals surface area contributed by atoms with Gasteiger partial charge in [0.2, 0.25) is 0 Å². The lowest BCUT2D eigenvalue weighted by Gasteiger charge is -2.44. The summed E-state index contributed by atoms with van der Waals surface area (Å²) in [6.07, 6.45) is 14.1. The molecule has 0 aromatic heterocycles. The van der Waals surface area contributed by atoms with Gasteiger partial charge in [0.25, 0.3) is 0 Å². The van der Waals surface area contributed by atoms with Crippen LogP contribution in [0.2, 0.25) is 0 Å². The van der Waals surface area contributed by atoms with E-state index in [1.54, 1.807) is 0 Å². The molecule has 138 valence electrons. The molecule has 24 heavy (non-hydrogen) atoms. The maximum atomic E-state index is 4.63. The molecule has 4 heteroatoms. The molecule has 1 atom stereocenters. The van der Waals surface area contributed by atoms with Gasteiger partial charge in [-0.15, -0.1) is 0 Å². The number of hydrogen-bond acceptors (Lipinski definition) is 2. The Labute approximate surface area is 149 Å². The number of piperidine rings is 2. The Bertz CT molecular complexity index is 412. The topological polar surface area (TPSA) is 30.9 Å². The van der Waals surface area contributed by atoms with Gasteiger partial charge in [0.15, 0.2) is 5.96 Å². The van der Waals surface area contributed by atoms with Gasteiger partial charge in [0, 0.05) is 33.2 Å². The van der Waals surface area contributed by atoms with Crippen molar-refractivity contribution >= 4 is 5.96 Å². The molecular weight excluding hydrogens is 296 g/mol. The average molecular weight is 335 g/mol. The lowest BCUT2D eigenvalue weighted by Crippen LogP contribution is -2.52. The number of nitrogens with zero attached hydrogens (tertiary/aromatic N) is 3. The third-order valence-electron chi connectivity index (χ3n) is 6.61. The molecule has 2 saturated heterocycles. The normalized spacial score (nSPS) is 29.5. The number of aliphatic imine (C=N–C) groups is 1. The average Bonchev–Trinajstić information content (AvgIpc) is 2.81. The summed E-state index contributed by atoms with van der Waals surface area (Å²) in [6.45, 7) is 6.00. The van der Waals surface area contributed by atoms with Crippen molar-refractivity contribution in [1.82, 2.24) is 15.1 Å². The van der Waals surface area contributed by atoms with Crippen LogP contribution in [0, 0.1) is 11.3 Å². The fourth-order valence-electron chi connectivity index (χ4n) is 5.28. The fraction of sp³-hybridized carbons (Fsp3) is 0.950. The summed E-state index contributed by atoms with van der Waals surface area (Å²) in [4.78, 5) is 9.68. The zero-order valence-electron chi connectivity index (χ0n) is 16.0. The minimum absolute atomic E-state index is 0.581. The largest absolute Gasteiger partial charge is 0.356 e. The molecule has 0 bridgehead atoms. The summed E-state index contributed by atoms with van der Waals surface area (Å²) in [5, 5.41) is 3.72. The van der Waals surface area contributed by atoms with Gasteiger partial charge >= 0.3 is 0 Å². The van der Waals surface area contributed by atoms with E-state index in [1.165, 1.54) is 90.4 Å². The molecular formula is C20H38N4. The van der Waals surface area contributed by atoms with E-state index in [0.717, 1.165) is 18.4 Å². The monoisotopic (exact) mass is 334 g/mol. The van der Waals surface area contributed by atoms with Crippen molar-refractivity contribution in [1.29, 1.82) is 0 Å². The highest BCUT2D eigenvalue weighted by Crippen LogP contribution is 2.42. The van der Waals surface area contributed by atoms with Crippen molar-refractivity contribution < 1.29 is 0 Å². The first-order chi connectivity index (χ1) is 11.7. The van der Waals surface area contributed by atoms with Crippen LogP contribution in [-0.4, -0.2) is 62.6 Å². The minimum atomic E-state index is 0.581. The van der Waals surface area contributed by atoms with Gasteiger partial charge in [-0.2, -0.15) is 0 Å². The third kappa shape index (κ3) is 4.65. The summed E-state index contributed by atoms with van der Waals surface area (Å²) in [5.74, 6) is 1.93. The maximum Gasteiger partial charge on any atom is 0.193 e. The molecule has 1 saturated carbocycles. The lowest BCUT2D eigenvalue weighted by atomic mass is 9.74. The van der Waals surface area contributed by atoms with Gasteiger partial charge in [-0.3, -0.25) is 4.99 Å². The fourth-order valence-corrected chi connectivity index (χ4v) is 5.28. The van der Waals surface area contributed by atoms with Crippen molar-refractivity contribution in [3.05, 3.63) is 0 Å². The number of likely N-dealkylation sites (tertiary alicyclic amines) is 2. The summed E-state index contributed by atoms with van der Waals surface area (Å²) in [5.41, 5.74) is 0.581. The van der Waals surface area contributed by atoms with E-state index in [1.807, 2.05) is 7.05 Å². The zero-order valence-corrected chi connectivity index (χ0v) is 16.0. The van der Waals surface area contributed by atoms with E-state index in [9.17, 15) is 0 Å². The number of hydrogen-bond donors (Lipinski definition) is 1. The first-order valence-electron chi connectivity index (χ1n) is 10.3. The van der Waals surface area contributed by atoms with Crippen LogP contribution in [0.5, 0.6) is 0 Å². The molecule has 1 spiro atoms.